The predicted molar refractivity (Wildman–Crippen MR) is 118 cm³/mol. The molecule has 0 radical (unpaired) electrons. The molecular formula is C19H34IN3O3Si. The van der Waals surface area contributed by atoms with Crippen LogP contribution in [-0.4, -0.2) is 48.0 Å². The van der Waals surface area contributed by atoms with Gasteiger partial charge in [0.2, 0.25) is 0 Å². The second-order valence-electron chi connectivity index (χ2n) is 9.93. The second-order valence-corrected chi connectivity index (χ2v) is 15.8. The van der Waals surface area contributed by atoms with Gasteiger partial charge < -0.3 is 14.1 Å². The number of hydrogen-bond acceptors (Lipinski definition) is 4. The van der Waals surface area contributed by atoms with Crippen LogP contribution in [0.15, 0.2) is 6.20 Å². The average Bonchev–Trinajstić information content (AvgIpc) is 3.08. The molecule has 1 aliphatic rings. The predicted octanol–water partition coefficient (Wildman–Crippen LogP) is 5.33. The zero-order valence-electron chi connectivity index (χ0n) is 17.9. The molecule has 1 aromatic heterocycles. The Bertz CT molecular complexity index is 664. The number of imidazole rings is 1. The van der Waals surface area contributed by atoms with Gasteiger partial charge in [-0.15, -0.1) is 0 Å². The lowest BCUT2D eigenvalue weighted by atomic mass is 10.1. The zero-order chi connectivity index (χ0) is 20.6. The number of aromatic nitrogens is 2. The van der Waals surface area contributed by atoms with Crippen molar-refractivity contribution in [1.82, 2.24) is 14.9 Å². The lowest BCUT2D eigenvalue weighted by Gasteiger charge is -2.37. The quantitative estimate of drug-likeness (QED) is 0.442. The Balaban J connectivity index is 2.13. The Labute approximate surface area is 178 Å². The number of H-pyrrole nitrogens is 1. The Kier molecular flexibility index (Phi) is 6.74. The van der Waals surface area contributed by atoms with E-state index in [2.05, 4.69) is 66.4 Å². The van der Waals surface area contributed by atoms with E-state index in [0.29, 0.717) is 13.2 Å². The molecule has 6 nitrogen and oxygen atoms in total. The van der Waals surface area contributed by atoms with Crippen LogP contribution in [0.2, 0.25) is 18.1 Å². The number of nitrogens with one attached hydrogen (secondary N) is 1. The number of hydrogen-bond donors (Lipinski definition) is 1. The number of amides is 1. The molecule has 1 saturated heterocycles. The number of halogens is 1. The van der Waals surface area contributed by atoms with E-state index in [1.807, 2.05) is 27.0 Å². The van der Waals surface area contributed by atoms with Crippen LogP contribution < -0.4 is 0 Å². The molecule has 0 saturated carbocycles. The van der Waals surface area contributed by atoms with Gasteiger partial charge in [-0.05, 0) is 67.9 Å². The summed E-state index contributed by atoms with van der Waals surface area (Å²) in [5.74, 6) is 1.10. The highest BCUT2D eigenvalue weighted by Crippen LogP contribution is 2.39. The van der Waals surface area contributed by atoms with Gasteiger partial charge in [-0.3, -0.25) is 4.90 Å². The molecule has 0 spiro atoms. The number of nitrogens with zero attached hydrogens (tertiary/aromatic N) is 2. The standard InChI is InChI=1S/C19H34IN3O3Si/c1-18(2,3)26-17(24)23-11-13(12-25-27(7,8)19(4,5)6)9-14(23)16-21-10-15(20)22-16/h10,13-14H,9,11-12H2,1-8H3,(H,21,22)/t13-,14-/m0/s1. The molecule has 2 heterocycles. The van der Waals surface area contributed by atoms with E-state index in [0.717, 1.165) is 15.9 Å². The zero-order valence-corrected chi connectivity index (χ0v) is 21.0. The third-order valence-corrected chi connectivity index (χ3v) is 10.4. The molecule has 2 atom stereocenters. The average molecular weight is 507 g/mol. The van der Waals surface area contributed by atoms with Gasteiger partial charge in [0, 0.05) is 25.3 Å². The second kappa shape index (κ2) is 8.02. The summed E-state index contributed by atoms with van der Waals surface area (Å²) in [7, 11) is -1.82. The van der Waals surface area contributed by atoms with Crippen molar-refractivity contribution in [3.63, 3.8) is 0 Å². The van der Waals surface area contributed by atoms with E-state index in [4.69, 9.17) is 9.16 Å². The molecule has 154 valence electrons. The fourth-order valence-corrected chi connectivity index (χ4v) is 4.35. The summed E-state index contributed by atoms with van der Waals surface area (Å²) in [6.07, 6.45) is 2.41. The van der Waals surface area contributed by atoms with Gasteiger partial charge in [0.05, 0.1) is 6.04 Å². The molecule has 0 unspecified atom stereocenters. The Morgan fingerprint density at radius 1 is 1.33 bits per heavy atom. The summed E-state index contributed by atoms with van der Waals surface area (Å²) in [6, 6.07) is -0.101. The first-order valence-corrected chi connectivity index (χ1v) is 13.5. The molecule has 2 rings (SSSR count). The molecule has 1 fully saturated rings. The highest BCUT2D eigenvalue weighted by molar-refractivity contribution is 14.1. The number of aromatic amines is 1. The first-order chi connectivity index (χ1) is 12.2. The molecule has 1 N–H and O–H groups in total. The van der Waals surface area contributed by atoms with E-state index in [-0.39, 0.29) is 23.1 Å². The molecule has 1 amide bonds. The smallest absolute Gasteiger partial charge is 0.410 e. The maximum atomic E-state index is 12.8. The van der Waals surface area contributed by atoms with Gasteiger partial charge in [-0.1, -0.05) is 20.8 Å². The van der Waals surface area contributed by atoms with Crippen LogP contribution in [0.4, 0.5) is 4.79 Å². The highest BCUT2D eigenvalue weighted by atomic mass is 127. The maximum absolute atomic E-state index is 12.8. The Hall–Kier alpha value is -0.613. The van der Waals surface area contributed by atoms with Crippen molar-refractivity contribution in [2.24, 2.45) is 5.92 Å². The van der Waals surface area contributed by atoms with Crippen molar-refractivity contribution in [2.75, 3.05) is 13.2 Å². The minimum Gasteiger partial charge on any atom is -0.444 e. The first kappa shape index (κ1) is 22.7. The minimum absolute atomic E-state index is 0.101. The highest BCUT2D eigenvalue weighted by Gasteiger charge is 2.42. The summed E-state index contributed by atoms with van der Waals surface area (Å²) in [5.41, 5.74) is -0.519. The molecular weight excluding hydrogens is 473 g/mol. The normalized spacial score (nSPS) is 21.6. The van der Waals surface area contributed by atoms with Crippen molar-refractivity contribution < 1.29 is 14.0 Å². The number of likely N-dealkylation sites (tertiary alicyclic amines) is 1. The van der Waals surface area contributed by atoms with E-state index < -0.39 is 13.9 Å². The van der Waals surface area contributed by atoms with Gasteiger partial charge in [-0.2, -0.15) is 0 Å². The monoisotopic (exact) mass is 507 g/mol. The maximum Gasteiger partial charge on any atom is 0.410 e. The van der Waals surface area contributed by atoms with Crippen molar-refractivity contribution >= 4 is 37.0 Å². The fraction of sp³-hybridized carbons (Fsp3) is 0.789. The summed E-state index contributed by atoms with van der Waals surface area (Å²) >= 11 is 2.18. The summed E-state index contributed by atoms with van der Waals surface area (Å²) in [5, 5.41) is 0.174. The van der Waals surface area contributed by atoms with Gasteiger partial charge in [-0.25, -0.2) is 9.78 Å². The van der Waals surface area contributed by atoms with Gasteiger partial charge in [0.1, 0.15) is 15.1 Å². The molecule has 8 heteroatoms. The molecule has 1 aliphatic heterocycles. The topological polar surface area (TPSA) is 67.4 Å². The van der Waals surface area contributed by atoms with Crippen molar-refractivity contribution in [2.45, 2.75) is 77.7 Å². The van der Waals surface area contributed by atoms with Crippen molar-refractivity contribution in [1.29, 1.82) is 0 Å². The summed E-state index contributed by atoms with van der Waals surface area (Å²) in [4.78, 5) is 22.4. The third-order valence-electron chi connectivity index (χ3n) is 5.38. The molecule has 0 bridgehead atoms. The van der Waals surface area contributed by atoms with E-state index in [9.17, 15) is 4.79 Å². The molecule has 0 aliphatic carbocycles. The number of carbonyl (C=O) groups excluding carboxylic acids is 1. The van der Waals surface area contributed by atoms with Crippen LogP contribution in [0.1, 0.15) is 59.8 Å². The van der Waals surface area contributed by atoms with Crippen molar-refractivity contribution in [3.8, 4) is 0 Å². The van der Waals surface area contributed by atoms with Crippen LogP contribution in [0.25, 0.3) is 0 Å². The van der Waals surface area contributed by atoms with Crippen LogP contribution >= 0.6 is 22.6 Å². The first-order valence-electron chi connectivity index (χ1n) is 9.54. The lowest BCUT2D eigenvalue weighted by molar-refractivity contribution is 0.0211. The Morgan fingerprint density at radius 2 is 1.96 bits per heavy atom. The Morgan fingerprint density at radius 3 is 2.44 bits per heavy atom. The van der Waals surface area contributed by atoms with Crippen molar-refractivity contribution in [3.05, 3.63) is 15.7 Å². The fourth-order valence-electron chi connectivity index (χ4n) is 2.85. The lowest BCUT2D eigenvalue weighted by Crippen LogP contribution is -2.42. The summed E-state index contributed by atoms with van der Waals surface area (Å²) in [6.45, 7) is 18.2. The number of rotatable bonds is 4. The molecule has 1 aromatic rings. The molecule has 0 aromatic carbocycles. The number of carbonyl (C=O) groups is 1. The van der Waals surface area contributed by atoms with Gasteiger partial charge in [0.15, 0.2) is 8.32 Å². The van der Waals surface area contributed by atoms with Crippen LogP contribution in [0.3, 0.4) is 0 Å². The van der Waals surface area contributed by atoms with Gasteiger partial charge in [0.25, 0.3) is 0 Å². The largest absolute Gasteiger partial charge is 0.444 e. The third kappa shape index (κ3) is 5.93. The summed E-state index contributed by atoms with van der Waals surface area (Å²) < 4.78 is 13.0. The number of ether oxygens (including phenoxy) is 1. The van der Waals surface area contributed by atoms with E-state index in [1.165, 1.54) is 0 Å². The van der Waals surface area contributed by atoms with Crippen LogP contribution in [0, 0.1) is 9.62 Å². The SMILES string of the molecule is CC(C)(C)OC(=O)N1C[C@@H](CO[Si](C)(C)C(C)(C)C)C[C@H]1c1nc(I)c[nH]1. The molecule has 27 heavy (non-hydrogen) atoms. The minimum atomic E-state index is -1.82. The van der Waals surface area contributed by atoms with E-state index >= 15 is 0 Å². The van der Waals surface area contributed by atoms with E-state index in [1.54, 1.807) is 4.90 Å². The van der Waals surface area contributed by atoms with Crippen LogP contribution in [-0.2, 0) is 9.16 Å². The van der Waals surface area contributed by atoms with Crippen LogP contribution in [0.5, 0.6) is 0 Å². The van der Waals surface area contributed by atoms with Gasteiger partial charge >= 0.3 is 6.09 Å².